The summed E-state index contributed by atoms with van der Waals surface area (Å²) in [4.78, 5) is 12.5. The monoisotopic (exact) mass is 445 g/mol. The molecule has 2 unspecified atom stereocenters. The van der Waals surface area contributed by atoms with Crippen molar-refractivity contribution in [1.29, 1.82) is 0 Å². The number of halogens is 1. The van der Waals surface area contributed by atoms with Crippen LogP contribution in [0.4, 0.5) is 4.39 Å². The molecule has 9 nitrogen and oxygen atoms in total. The van der Waals surface area contributed by atoms with Crippen LogP contribution in [0, 0.1) is 6.92 Å². The van der Waals surface area contributed by atoms with Crippen LogP contribution in [0.1, 0.15) is 24.5 Å². The molecule has 1 aliphatic rings. The van der Waals surface area contributed by atoms with Gasteiger partial charge in [0, 0.05) is 0 Å². The number of hydrogen-bond acceptors (Lipinski definition) is 8. The fourth-order valence-corrected chi connectivity index (χ4v) is 3.26. The second kappa shape index (κ2) is 11.8. The first-order valence-electron chi connectivity index (χ1n) is 10.3. The third kappa shape index (κ3) is 6.91. The third-order valence-electron chi connectivity index (χ3n) is 5.30. The number of nitrogens with one attached hydrogen (secondary N) is 1. The Morgan fingerprint density at radius 3 is 2.45 bits per heavy atom. The van der Waals surface area contributed by atoms with Crippen molar-refractivity contribution in [2.75, 3.05) is 13.2 Å². The summed E-state index contributed by atoms with van der Waals surface area (Å²) in [5.74, 6) is -0.429. The van der Waals surface area contributed by atoms with Gasteiger partial charge in [0.2, 0.25) is 5.91 Å². The molecule has 1 heterocycles. The predicted octanol–water partition coefficient (Wildman–Crippen LogP) is -1.05. The van der Waals surface area contributed by atoms with Gasteiger partial charge < -0.3 is 40.3 Å². The highest BCUT2D eigenvalue weighted by Gasteiger charge is 2.45. The van der Waals surface area contributed by atoms with E-state index in [1.54, 1.807) is 19.1 Å². The number of aliphatic hydroxyl groups is 5. The van der Waals surface area contributed by atoms with Gasteiger partial charge >= 0.3 is 0 Å². The van der Waals surface area contributed by atoms with E-state index >= 15 is 0 Å². The zero-order chi connectivity index (χ0) is 23.1. The Labute approximate surface area is 180 Å². The zero-order valence-corrected chi connectivity index (χ0v) is 17.6. The molecule has 2 rings (SSSR count). The number of carbonyl (C=O) groups is 1. The SMILES string of the molecule is CC[C@@H](O)[C@@H](O)[C@H](CO[C@H]1OC(CO)[C@@H](F)[C@H](O)C1O)NC(=O)Cc1ccc(C)cc1. The first kappa shape index (κ1) is 25.6. The molecule has 0 spiro atoms. The highest BCUT2D eigenvalue weighted by atomic mass is 19.1. The summed E-state index contributed by atoms with van der Waals surface area (Å²) in [5, 5.41) is 52.0. The number of aryl methyl sites for hydroxylation is 1. The van der Waals surface area contributed by atoms with Crippen molar-refractivity contribution in [2.24, 2.45) is 0 Å². The Hall–Kier alpha value is -1.66. The van der Waals surface area contributed by atoms with Crippen molar-refractivity contribution < 1.29 is 44.2 Å². The molecule has 1 saturated heterocycles. The van der Waals surface area contributed by atoms with Crippen molar-refractivity contribution in [3.8, 4) is 0 Å². The Kier molecular flexibility index (Phi) is 9.76. The van der Waals surface area contributed by atoms with Gasteiger partial charge in [-0.2, -0.15) is 0 Å². The van der Waals surface area contributed by atoms with Gasteiger partial charge in [-0.25, -0.2) is 4.39 Å². The fourth-order valence-electron chi connectivity index (χ4n) is 3.26. The lowest BCUT2D eigenvalue weighted by atomic mass is 10.0. The van der Waals surface area contributed by atoms with E-state index in [0.717, 1.165) is 11.1 Å². The minimum absolute atomic E-state index is 0.0309. The van der Waals surface area contributed by atoms with Crippen molar-refractivity contribution >= 4 is 5.91 Å². The van der Waals surface area contributed by atoms with E-state index in [0.29, 0.717) is 0 Å². The first-order valence-corrected chi connectivity index (χ1v) is 10.3. The number of ether oxygens (including phenoxy) is 2. The van der Waals surface area contributed by atoms with Crippen molar-refractivity contribution in [2.45, 2.75) is 75.7 Å². The van der Waals surface area contributed by atoms with Crippen LogP contribution in [-0.4, -0.2) is 93.7 Å². The molecule has 0 saturated carbocycles. The molecular formula is C21H32FNO8. The number of rotatable bonds is 10. The highest BCUT2D eigenvalue weighted by molar-refractivity contribution is 5.79. The van der Waals surface area contributed by atoms with Gasteiger partial charge in [-0.3, -0.25) is 4.79 Å². The lowest BCUT2D eigenvalue weighted by Gasteiger charge is -2.39. The molecule has 0 aliphatic carbocycles. The van der Waals surface area contributed by atoms with Gasteiger partial charge in [-0.15, -0.1) is 0 Å². The maximum absolute atomic E-state index is 13.9. The van der Waals surface area contributed by atoms with Crippen LogP contribution in [-0.2, 0) is 20.7 Å². The lowest BCUT2D eigenvalue weighted by molar-refractivity contribution is -0.293. The van der Waals surface area contributed by atoms with Gasteiger partial charge in [-0.1, -0.05) is 36.8 Å². The molecule has 176 valence electrons. The predicted molar refractivity (Wildman–Crippen MR) is 108 cm³/mol. The molecule has 1 aromatic carbocycles. The summed E-state index contributed by atoms with van der Waals surface area (Å²) in [6.07, 6.45) is -10.8. The standard InChI is InChI=1S/C21H32FNO8/c1-3-14(25)18(27)13(23-16(26)8-12-6-4-11(2)5-7-12)10-30-21-20(29)19(28)17(22)15(9-24)31-21/h4-7,13-15,17-21,24-25,27-29H,3,8-10H2,1-2H3,(H,23,26)/t13-,14+,15?,17+,18-,19-,20?,21-/m0/s1. The number of amides is 1. The Balaban J connectivity index is 2.03. The fraction of sp³-hybridized carbons (Fsp3) is 0.667. The van der Waals surface area contributed by atoms with Gasteiger partial charge in [-0.05, 0) is 18.9 Å². The average molecular weight is 445 g/mol. The molecule has 0 aromatic heterocycles. The van der Waals surface area contributed by atoms with Crippen molar-refractivity contribution in [3.63, 3.8) is 0 Å². The Morgan fingerprint density at radius 2 is 1.87 bits per heavy atom. The molecule has 1 aromatic rings. The molecule has 1 aliphatic heterocycles. The summed E-state index contributed by atoms with van der Waals surface area (Å²) in [7, 11) is 0. The minimum atomic E-state index is -2.00. The van der Waals surface area contributed by atoms with E-state index in [-0.39, 0.29) is 12.8 Å². The van der Waals surface area contributed by atoms with Crippen LogP contribution in [0.25, 0.3) is 0 Å². The second-order valence-electron chi connectivity index (χ2n) is 7.79. The van der Waals surface area contributed by atoms with Gasteiger partial charge in [0.15, 0.2) is 12.5 Å². The molecule has 31 heavy (non-hydrogen) atoms. The number of aliphatic hydroxyl groups excluding tert-OH is 5. The molecule has 0 radical (unpaired) electrons. The van der Waals surface area contributed by atoms with Crippen LogP contribution in [0.5, 0.6) is 0 Å². The summed E-state index contributed by atoms with van der Waals surface area (Å²) in [5.41, 5.74) is 1.80. The van der Waals surface area contributed by atoms with E-state index in [1.165, 1.54) is 0 Å². The summed E-state index contributed by atoms with van der Waals surface area (Å²) < 4.78 is 24.4. The van der Waals surface area contributed by atoms with Crippen molar-refractivity contribution in [3.05, 3.63) is 35.4 Å². The number of hydrogen-bond donors (Lipinski definition) is 6. The Bertz CT molecular complexity index is 688. The minimum Gasteiger partial charge on any atom is -0.394 e. The number of carbonyl (C=O) groups excluding carboxylic acids is 1. The topological polar surface area (TPSA) is 149 Å². The molecule has 1 fully saturated rings. The Morgan fingerprint density at radius 1 is 1.23 bits per heavy atom. The van der Waals surface area contributed by atoms with Crippen LogP contribution < -0.4 is 5.32 Å². The van der Waals surface area contributed by atoms with E-state index in [4.69, 9.17) is 9.47 Å². The molecule has 8 atom stereocenters. The number of alkyl halides is 1. The third-order valence-corrected chi connectivity index (χ3v) is 5.30. The van der Waals surface area contributed by atoms with Gasteiger partial charge in [0.1, 0.15) is 24.4 Å². The molecule has 1 amide bonds. The van der Waals surface area contributed by atoms with Crippen LogP contribution in [0.15, 0.2) is 24.3 Å². The lowest BCUT2D eigenvalue weighted by Crippen LogP contribution is -2.59. The van der Waals surface area contributed by atoms with Crippen LogP contribution in [0.3, 0.4) is 0 Å². The smallest absolute Gasteiger partial charge is 0.224 e. The van der Waals surface area contributed by atoms with Crippen LogP contribution >= 0.6 is 0 Å². The first-order chi connectivity index (χ1) is 14.7. The zero-order valence-electron chi connectivity index (χ0n) is 17.6. The molecular weight excluding hydrogens is 413 g/mol. The molecule has 10 heteroatoms. The quantitative estimate of drug-likeness (QED) is 0.267. The molecule has 6 N–H and O–H groups in total. The summed E-state index contributed by atoms with van der Waals surface area (Å²) >= 11 is 0. The van der Waals surface area contributed by atoms with Gasteiger partial charge in [0.25, 0.3) is 0 Å². The summed E-state index contributed by atoms with van der Waals surface area (Å²) in [6.45, 7) is 2.43. The number of benzene rings is 1. The van der Waals surface area contributed by atoms with E-state index < -0.39 is 68.1 Å². The normalized spacial score (nSPS) is 29.2. The van der Waals surface area contributed by atoms with Crippen LogP contribution in [0.2, 0.25) is 0 Å². The van der Waals surface area contributed by atoms with E-state index in [9.17, 15) is 34.7 Å². The maximum atomic E-state index is 13.9. The molecule has 0 bridgehead atoms. The summed E-state index contributed by atoms with van der Waals surface area (Å²) in [6, 6.07) is 6.25. The van der Waals surface area contributed by atoms with E-state index in [2.05, 4.69) is 5.32 Å². The van der Waals surface area contributed by atoms with Crippen molar-refractivity contribution in [1.82, 2.24) is 5.32 Å². The largest absolute Gasteiger partial charge is 0.394 e. The maximum Gasteiger partial charge on any atom is 0.224 e. The second-order valence-corrected chi connectivity index (χ2v) is 7.79. The highest BCUT2D eigenvalue weighted by Crippen LogP contribution is 2.24. The van der Waals surface area contributed by atoms with Gasteiger partial charge in [0.05, 0.1) is 31.8 Å². The van der Waals surface area contributed by atoms with E-state index in [1.807, 2.05) is 19.1 Å². The average Bonchev–Trinajstić information content (AvgIpc) is 2.76.